The number of pyridine rings is 1. The van der Waals surface area contributed by atoms with Crippen LogP contribution in [0, 0.1) is 6.92 Å². The molecule has 1 N–H and O–H groups in total. The normalized spacial score (nSPS) is 15.0. The molecular weight excluding hydrogens is 452 g/mol. The van der Waals surface area contributed by atoms with Crippen molar-refractivity contribution in [1.82, 2.24) is 19.2 Å². The number of para-hydroxylation sites is 2. The van der Waals surface area contributed by atoms with Crippen LogP contribution in [-0.2, 0) is 18.4 Å². The molecule has 3 heterocycles. The zero-order valence-electron chi connectivity index (χ0n) is 21.7. The summed E-state index contributed by atoms with van der Waals surface area (Å²) < 4.78 is 3.60. The Kier molecular flexibility index (Phi) is 6.20. The summed E-state index contributed by atoms with van der Waals surface area (Å²) in [6.45, 7) is 11.6. The maximum atomic E-state index is 13.4. The molecule has 0 aliphatic carbocycles. The van der Waals surface area contributed by atoms with E-state index in [1.807, 2.05) is 48.8 Å². The van der Waals surface area contributed by atoms with Gasteiger partial charge in [-0.25, -0.2) is 4.68 Å². The number of anilines is 2. The first-order valence-electron chi connectivity index (χ1n) is 12.6. The largest absolute Gasteiger partial charge is 0.377 e. The highest BCUT2D eigenvalue weighted by Crippen LogP contribution is 2.35. The Morgan fingerprint density at radius 2 is 1.83 bits per heavy atom. The molecule has 1 amide bonds. The van der Waals surface area contributed by atoms with Crippen LogP contribution in [-0.4, -0.2) is 51.3 Å². The lowest BCUT2D eigenvalue weighted by Crippen LogP contribution is -2.48. The van der Waals surface area contributed by atoms with E-state index in [9.17, 15) is 9.59 Å². The van der Waals surface area contributed by atoms with Crippen LogP contribution in [0.2, 0.25) is 0 Å². The summed E-state index contributed by atoms with van der Waals surface area (Å²) >= 11 is 0. The van der Waals surface area contributed by atoms with Crippen molar-refractivity contribution in [2.45, 2.75) is 40.3 Å². The van der Waals surface area contributed by atoms with Crippen molar-refractivity contribution in [1.29, 1.82) is 0 Å². The van der Waals surface area contributed by atoms with Gasteiger partial charge in [-0.15, -0.1) is 0 Å². The number of amides is 1. The van der Waals surface area contributed by atoms with Crippen LogP contribution in [0.4, 0.5) is 11.4 Å². The average Bonchev–Trinajstić information content (AvgIpc) is 3.31. The highest BCUT2D eigenvalue weighted by atomic mass is 16.2. The van der Waals surface area contributed by atoms with E-state index >= 15 is 0 Å². The summed E-state index contributed by atoms with van der Waals surface area (Å²) in [5.41, 5.74) is 5.15. The van der Waals surface area contributed by atoms with Crippen LogP contribution in [0.1, 0.15) is 37.9 Å². The standard InChI is InChI=1S/C28H34N6O2/c1-6-34-27-23(17-29-34)26-21(15-18(2)16-22(26)28(36)31(27)5)19(3)30-24-9-7-8-10-25(24)33-13-11-32(12-14-33)20(4)35/h7-10,15-17,19,30H,6,11-14H2,1-5H3. The third-order valence-electron chi connectivity index (χ3n) is 7.35. The quantitative estimate of drug-likeness (QED) is 0.461. The molecule has 1 aliphatic heterocycles. The smallest absolute Gasteiger partial charge is 0.259 e. The summed E-state index contributed by atoms with van der Waals surface area (Å²) in [6, 6.07) is 12.4. The fourth-order valence-corrected chi connectivity index (χ4v) is 5.49. The van der Waals surface area contributed by atoms with Crippen molar-refractivity contribution in [3.8, 4) is 0 Å². The van der Waals surface area contributed by atoms with E-state index in [4.69, 9.17) is 0 Å². The van der Waals surface area contributed by atoms with E-state index in [0.717, 1.165) is 70.5 Å². The van der Waals surface area contributed by atoms with Gasteiger partial charge in [0, 0.05) is 68.9 Å². The molecule has 188 valence electrons. The van der Waals surface area contributed by atoms with Crippen molar-refractivity contribution in [3.05, 3.63) is 64.1 Å². The fourth-order valence-electron chi connectivity index (χ4n) is 5.49. The number of nitrogens with one attached hydrogen (secondary N) is 1. The number of nitrogens with zero attached hydrogens (tertiary/aromatic N) is 5. The second-order valence-corrected chi connectivity index (χ2v) is 9.71. The molecule has 0 radical (unpaired) electrons. The molecular formula is C28H34N6O2. The van der Waals surface area contributed by atoms with Crippen LogP contribution < -0.4 is 15.8 Å². The summed E-state index contributed by atoms with van der Waals surface area (Å²) in [6.07, 6.45) is 1.88. The molecule has 5 rings (SSSR count). The Bertz CT molecular complexity index is 1510. The van der Waals surface area contributed by atoms with Crippen LogP contribution in [0.5, 0.6) is 0 Å². The molecule has 1 unspecified atom stereocenters. The first kappa shape index (κ1) is 23.9. The Labute approximate surface area is 211 Å². The highest BCUT2D eigenvalue weighted by molar-refractivity contribution is 6.07. The van der Waals surface area contributed by atoms with Gasteiger partial charge in [0.2, 0.25) is 5.91 Å². The first-order valence-corrected chi connectivity index (χ1v) is 12.6. The van der Waals surface area contributed by atoms with Crippen molar-refractivity contribution >= 4 is 39.1 Å². The topological polar surface area (TPSA) is 75.4 Å². The maximum Gasteiger partial charge on any atom is 0.259 e. The van der Waals surface area contributed by atoms with Gasteiger partial charge in [0.05, 0.1) is 17.6 Å². The predicted octanol–water partition coefficient (Wildman–Crippen LogP) is 4.06. The zero-order chi connectivity index (χ0) is 25.6. The molecule has 2 aromatic heterocycles. The van der Waals surface area contributed by atoms with Crippen LogP contribution in [0.3, 0.4) is 0 Å². The number of benzene rings is 2. The van der Waals surface area contributed by atoms with Gasteiger partial charge in [0.25, 0.3) is 5.56 Å². The lowest BCUT2D eigenvalue weighted by molar-refractivity contribution is -0.129. The monoisotopic (exact) mass is 486 g/mol. The van der Waals surface area contributed by atoms with Crippen LogP contribution >= 0.6 is 0 Å². The number of aromatic nitrogens is 3. The number of carbonyl (C=O) groups is 1. The summed E-state index contributed by atoms with van der Waals surface area (Å²) in [5.74, 6) is 0.130. The van der Waals surface area contributed by atoms with E-state index in [1.54, 1.807) is 11.5 Å². The molecule has 1 aliphatic rings. The van der Waals surface area contributed by atoms with Gasteiger partial charge < -0.3 is 15.1 Å². The first-order chi connectivity index (χ1) is 17.3. The van der Waals surface area contributed by atoms with Gasteiger partial charge >= 0.3 is 0 Å². The molecule has 0 spiro atoms. The Hall–Kier alpha value is -3.81. The number of fused-ring (bicyclic) bond motifs is 3. The summed E-state index contributed by atoms with van der Waals surface area (Å²) in [5, 5.41) is 11.0. The lowest BCUT2D eigenvalue weighted by Gasteiger charge is -2.37. The number of piperazine rings is 1. The van der Waals surface area contributed by atoms with Crippen LogP contribution in [0.15, 0.2) is 47.4 Å². The van der Waals surface area contributed by atoms with Crippen molar-refractivity contribution < 1.29 is 4.79 Å². The SMILES string of the molecule is CCn1ncc2c3c(C(C)Nc4ccccc4N4CCN(C(C)=O)CC4)cc(C)cc3c(=O)n(C)c21. The summed E-state index contributed by atoms with van der Waals surface area (Å²) in [4.78, 5) is 29.4. The van der Waals surface area contributed by atoms with E-state index < -0.39 is 0 Å². The zero-order valence-corrected chi connectivity index (χ0v) is 21.7. The minimum atomic E-state index is -0.0488. The number of hydrogen-bond acceptors (Lipinski definition) is 5. The van der Waals surface area contributed by atoms with Gasteiger partial charge in [-0.05, 0) is 50.1 Å². The fraction of sp³-hybridized carbons (Fsp3) is 0.393. The number of rotatable bonds is 5. The molecule has 0 saturated carbocycles. The van der Waals surface area contributed by atoms with E-state index in [-0.39, 0.29) is 17.5 Å². The lowest BCUT2D eigenvalue weighted by atomic mass is 9.95. The minimum Gasteiger partial charge on any atom is -0.377 e. The predicted molar refractivity (Wildman–Crippen MR) is 146 cm³/mol. The second-order valence-electron chi connectivity index (χ2n) is 9.71. The Balaban J connectivity index is 1.56. The van der Waals surface area contributed by atoms with Crippen molar-refractivity contribution in [2.24, 2.45) is 7.05 Å². The second kappa shape index (κ2) is 9.33. The molecule has 2 aromatic carbocycles. The van der Waals surface area contributed by atoms with Gasteiger partial charge in [-0.3, -0.25) is 14.2 Å². The highest BCUT2D eigenvalue weighted by Gasteiger charge is 2.23. The molecule has 8 heteroatoms. The van der Waals surface area contributed by atoms with E-state index in [2.05, 4.69) is 46.5 Å². The molecule has 1 fully saturated rings. The molecule has 36 heavy (non-hydrogen) atoms. The maximum absolute atomic E-state index is 13.4. The van der Waals surface area contributed by atoms with Gasteiger partial charge in [-0.1, -0.05) is 18.2 Å². The number of aryl methyl sites for hydroxylation is 3. The molecule has 0 bridgehead atoms. The van der Waals surface area contributed by atoms with Gasteiger partial charge in [-0.2, -0.15) is 5.10 Å². The van der Waals surface area contributed by atoms with E-state index in [0.29, 0.717) is 6.54 Å². The Morgan fingerprint density at radius 1 is 1.11 bits per heavy atom. The van der Waals surface area contributed by atoms with Gasteiger partial charge in [0.15, 0.2) is 0 Å². The Morgan fingerprint density at radius 3 is 2.53 bits per heavy atom. The van der Waals surface area contributed by atoms with E-state index in [1.165, 1.54) is 0 Å². The third kappa shape index (κ3) is 4.00. The molecule has 8 nitrogen and oxygen atoms in total. The molecule has 1 atom stereocenters. The summed E-state index contributed by atoms with van der Waals surface area (Å²) in [7, 11) is 1.82. The number of carbonyl (C=O) groups excluding carboxylic acids is 1. The van der Waals surface area contributed by atoms with Gasteiger partial charge in [0.1, 0.15) is 5.65 Å². The minimum absolute atomic E-state index is 0.00593. The molecule has 1 saturated heterocycles. The average molecular weight is 487 g/mol. The number of hydrogen-bond donors (Lipinski definition) is 1. The molecule has 4 aromatic rings. The van der Waals surface area contributed by atoms with Crippen LogP contribution in [0.25, 0.3) is 21.8 Å². The third-order valence-corrected chi connectivity index (χ3v) is 7.35. The van der Waals surface area contributed by atoms with Crippen molar-refractivity contribution in [3.63, 3.8) is 0 Å². The van der Waals surface area contributed by atoms with Crippen molar-refractivity contribution in [2.75, 3.05) is 36.4 Å².